The second-order valence-corrected chi connectivity index (χ2v) is 7.73. The van der Waals surface area contributed by atoms with Crippen molar-refractivity contribution in [2.24, 2.45) is 4.99 Å². The van der Waals surface area contributed by atoms with Crippen LogP contribution in [-0.2, 0) is 13.1 Å². The zero-order chi connectivity index (χ0) is 20.5. The average Bonchev–Trinajstić information content (AvgIpc) is 3.45. The molecule has 2 N–H and O–H groups in total. The van der Waals surface area contributed by atoms with Crippen LogP contribution in [0.4, 0.5) is 0 Å². The average molecular weight is 398 g/mol. The predicted octanol–water partition coefficient (Wildman–Crippen LogP) is 3.23. The maximum Gasteiger partial charge on any atom is 0.191 e. The second kappa shape index (κ2) is 11.0. The van der Waals surface area contributed by atoms with Crippen molar-refractivity contribution < 1.29 is 4.42 Å². The molecule has 0 radical (unpaired) electrons. The lowest BCUT2D eigenvalue weighted by molar-refractivity contribution is 0.215. The van der Waals surface area contributed by atoms with Gasteiger partial charge in [0.2, 0.25) is 0 Å². The molecule has 158 valence electrons. The van der Waals surface area contributed by atoms with Gasteiger partial charge in [-0.25, -0.2) is 0 Å². The van der Waals surface area contributed by atoms with E-state index in [9.17, 15) is 0 Å². The van der Waals surface area contributed by atoms with E-state index >= 15 is 0 Å². The van der Waals surface area contributed by atoms with E-state index in [0.29, 0.717) is 0 Å². The Morgan fingerprint density at radius 2 is 1.97 bits per heavy atom. The first-order chi connectivity index (χ1) is 14.2. The lowest BCUT2D eigenvalue weighted by Gasteiger charge is -2.26. The zero-order valence-corrected chi connectivity index (χ0v) is 18.0. The number of hydrogen-bond donors (Lipinski definition) is 2. The first-order valence-electron chi connectivity index (χ1n) is 10.7. The molecule has 0 spiro atoms. The Morgan fingerprint density at radius 1 is 1.17 bits per heavy atom. The van der Waals surface area contributed by atoms with Crippen LogP contribution in [-0.4, -0.2) is 56.0 Å². The molecule has 2 heterocycles. The molecule has 1 aromatic carbocycles. The largest absolute Gasteiger partial charge is 0.468 e. The number of aliphatic imine (C=N–C) groups is 1. The highest BCUT2D eigenvalue weighted by atomic mass is 16.3. The van der Waals surface area contributed by atoms with Crippen molar-refractivity contribution in [3.8, 4) is 0 Å². The molecule has 29 heavy (non-hydrogen) atoms. The summed E-state index contributed by atoms with van der Waals surface area (Å²) in [6.07, 6.45) is 4.27. The Hall–Kier alpha value is -2.31. The van der Waals surface area contributed by atoms with E-state index in [2.05, 4.69) is 69.7 Å². The van der Waals surface area contributed by atoms with Gasteiger partial charge in [0, 0.05) is 26.7 Å². The van der Waals surface area contributed by atoms with Gasteiger partial charge in [0.15, 0.2) is 5.96 Å². The molecule has 0 bridgehead atoms. The third-order valence-electron chi connectivity index (χ3n) is 5.58. The van der Waals surface area contributed by atoms with Crippen molar-refractivity contribution >= 4 is 5.96 Å². The van der Waals surface area contributed by atoms with E-state index in [4.69, 9.17) is 4.42 Å². The predicted molar refractivity (Wildman–Crippen MR) is 119 cm³/mol. The molecule has 3 rings (SSSR count). The molecular formula is C23H35N5O. The van der Waals surface area contributed by atoms with Crippen LogP contribution in [0.2, 0.25) is 0 Å². The lowest BCUT2D eigenvalue weighted by atomic mass is 10.1. The van der Waals surface area contributed by atoms with E-state index in [0.717, 1.165) is 51.0 Å². The summed E-state index contributed by atoms with van der Waals surface area (Å²) in [7, 11) is 3.96. The summed E-state index contributed by atoms with van der Waals surface area (Å²) in [5.41, 5.74) is 2.60. The molecule has 1 aromatic heterocycles. The highest BCUT2D eigenvalue weighted by molar-refractivity contribution is 5.79. The molecule has 0 saturated carbocycles. The molecular weight excluding hydrogens is 362 g/mol. The van der Waals surface area contributed by atoms with Crippen LogP contribution in [0.1, 0.15) is 42.7 Å². The lowest BCUT2D eigenvalue weighted by Crippen LogP contribution is -2.42. The number of likely N-dealkylation sites (tertiary alicyclic amines) is 1. The van der Waals surface area contributed by atoms with Crippen LogP contribution < -0.4 is 10.6 Å². The summed E-state index contributed by atoms with van der Waals surface area (Å²) in [5.74, 6) is 1.83. The van der Waals surface area contributed by atoms with Crippen molar-refractivity contribution in [2.75, 3.05) is 40.3 Å². The molecule has 1 fully saturated rings. The minimum absolute atomic E-state index is 0.235. The van der Waals surface area contributed by atoms with E-state index in [1.54, 1.807) is 6.26 Å². The van der Waals surface area contributed by atoms with Crippen LogP contribution in [0.5, 0.6) is 0 Å². The third kappa shape index (κ3) is 6.34. The monoisotopic (exact) mass is 397 g/mol. The number of furan rings is 1. The fraction of sp³-hybridized carbons (Fsp3) is 0.522. The zero-order valence-electron chi connectivity index (χ0n) is 18.0. The molecule has 1 unspecified atom stereocenters. The highest BCUT2D eigenvalue weighted by Crippen LogP contribution is 2.24. The van der Waals surface area contributed by atoms with Crippen LogP contribution in [0.15, 0.2) is 52.1 Å². The van der Waals surface area contributed by atoms with Crippen molar-refractivity contribution in [1.82, 2.24) is 20.4 Å². The maximum atomic E-state index is 5.71. The quantitative estimate of drug-likeness (QED) is 0.503. The van der Waals surface area contributed by atoms with Gasteiger partial charge in [-0.1, -0.05) is 31.2 Å². The number of benzene rings is 1. The second-order valence-electron chi connectivity index (χ2n) is 7.73. The van der Waals surface area contributed by atoms with Crippen molar-refractivity contribution in [2.45, 2.75) is 38.9 Å². The van der Waals surface area contributed by atoms with Crippen LogP contribution in [0.3, 0.4) is 0 Å². The summed E-state index contributed by atoms with van der Waals surface area (Å²) in [5, 5.41) is 6.94. The molecule has 0 aliphatic carbocycles. The van der Waals surface area contributed by atoms with Gasteiger partial charge in [0.1, 0.15) is 5.76 Å². The molecule has 1 aliphatic heterocycles. The standard InChI is InChI=1S/C23H35N5O/c1-4-27(3)18-20-10-7-9-19(15-20)16-25-23(24-2)26-17-21(22-11-8-14-29-22)28-12-5-6-13-28/h7-11,14-15,21H,4-6,12-13,16-18H2,1-3H3,(H2,24,25,26). The summed E-state index contributed by atoms with van der Waals surface area (Å²) >= 11 is 0. The Balaban J connectivity index is 1.54. The number of nitrogens with zero attached hydrogens (tertiary/aromatic N) is 3. The fourth-order valence-electron chi connectivity index (χ4n) is 3.80. The van der Waals surface area contributed by atoms with E-state index < -0.39 is 0 Å². The molecule has 0 amide bonds. The SMILES string of the molecule is CCN(C)Cc1cccc(CNC(=NC)NCC(c2ccco2)N2CCCC2)c1. The Bertz CT molecular complexity index is 752. The third-order valence-corrected chi connectivity index (χ3v) is 5.58. The summed E-state index contributed by atoms with van der Waals surface area (Å²) in [6, 6.07) is 13.0. The first-order valence-corrected chi connectivity index (χ1v) is 10.7. The van der Waals surface area contributed by atoms with E-state index in [1.807, 2.05) is 13.1 Å². The normalized spacial score (nSPS) is 16.3. The molecule has 1 atom stereocenters. The van der Waals surface area contributed by atoms with Gasteiger partial charge < -0.3 is 20.0 Å². The van der Waals surface area contributed by atoms with Gasteiger partial charge >= 0.3 is 0 Å². The minimum atomic E-state index is 0.235. The first kappa shape index (κ1) is 21.4. The van der Waals surface area contributed by atoms with Crippen molar-refractivity contribution in [3.05, 3.63) is 59.5 Å². The van der Waals surface area contributed by atoms with Crippen LogP contribution in [0, 0.1) is 0 Å². The van der Waals surface area contributed by atoms with Gasteiger partial charge in [-0.05, 0) is 62.8 Å². The van der Waals surface area contributed by atoms with Crippen molar-refractivity contribution in [1.29, 1.82) is 0 Å². The maximum absolute atomic E-state index is 5.71. The number of rotatable bonds is 9. The van der Waals surface area contributed by atoms with Crippen LogP contribution in [0.25, 0.3) is 0 Å². The Labute approximate surface area is 175 Å². The summed E-state index contributed by atoms with van der Waals surface area (Å²) < 4.78 is 5.71. The molecule has 6 nitrogen and oxygen atoms in total. The van der Waals surface area contributed by atoms with Crippen LogP contribution >= 0.6 is 0 Å². The number of hydrogen-bond acceptors (Lipinski definition) is 4. The number of nitrogens with one attached hydrogen (secondary N) is 2. The number of guanidine groups is 1. The molecule has 6 heteroatoms. The van der Waals surface area contributed by atoms with Gasteiger partial charge in [0.25, 0.3) is 0 Å². The smallest absolute Gasteiger partial charge is 0.191 e. The minimum Gasteiger partial charge on any atom is -0.468 e. The topological polar surface area (TPSA) is 56.0 Å². The Morgan fingerprint density at radius 3 is 2.66 bits per heavy atom. The summed E-state index contributed by atoms with van der Waals surface area (Å²) in [6.45, 7) is 7.97. The molecule has 2 aromatic rings. The van der Waals surface area contributed by atoms with Crippen molar-refractivity contribution in [3.63, 3.8) is 0 Å². The summed E-state index contributed by atoms with van der Waals surface area (Å²) in [4.78, 5) is 9.20. The molecule has 1 aliphatic rings. The van der Waals surface area contributed by atoms with Gasteiger partial charge in [0.05, 0.1) is 12.3 Å². The Kier molecular flexibility index (Phi) is 8.14. The highest BCUT2D eigenvalue weighted by Gasteiger charge is 2.25. The van der Waals surface area contributed by atoms with Gasteiger partial charge in [-0.3, -0.25) is 9.89 Å². The molecule has 1 saturated heterocycles. The van der Waals surface area contributed by atoms with E-state index in [1.165, 1.54) is 24.0 Å². The van der Waals surface area contributed by atoms with E-state index in [-0.39, 0.29) is 6.04 Å². The fourth-order valence-corrected chi connectivity index (χ4v) is 3.80. The van der Waals surface area contributed by atoms with Gasteiger partial charge in [-0.2, -0.15) is 0 Å². The van der Waals surface area contributed by atoms with Gasteiger partial charge in [-0.15, -0.1) is 0 Å².